The molecule has 1 amide bonds. The van der Waals surface area contributed by atoms with Crippen LogP contribution in [0.3, 0.4) is 0 Å². The Bertz CT molecular complexity index is 845. The quantitative estimate of drug-likeness (QED) is 0.468. The maximum atomic E-state index is 12.3. The molecule has 0 spiro atoms. The van der Waals surface area contributed by atoms with Gasteiger partial charge in [-0.15, -0.1) is 0 Å². The minimum atomic E-state index is -2.52. The zero-order valence-corrected chi connectivity index (χ0v) is 16.9. The van der Waals surface area contributed by atoms with E-state index in [9.17, 15) is 18.4 Å². The van der Waals surface area contributed by atoms with Gasteiger partial charge in [-0.2, -0.15) is 8.78 Å². The van der Waals surface area contributed by atoms with Crippen LogP contribution in [0.4, 0.5) is 14.5 Å². The molecular weight excluding hydrogens is 404 g/mol. The Balaban J connectivity index is 1.97. The Labute approximate surface area is 171 Å². The van der Waals surface area contributed by atoms with Crippen molar-refractivity contribution in [3.05, 3.63) is 48.0 Å². The van der Waals surface area contributed by atoms with E-state index in [-0.39, 0.29) is 5.56 Å². The van der Waals surface area contributed by atoms with Crippen LogP contribution in [0.2, 0.25) is 0 Å². The van der Waals surface area contributed by atoms with Gasteiger partial charge in [0.1, 0.15) is 0 Å². The molecule has 2 aromatic carbocycles. The number of halogens is 2. The lowest BCUT2D eigenvalue weighted by atomic mass is 10.2. The monoisotopic (exact) mass is 425 g/mol. The van der Waals surface area contributed by atoms with Gasteiger partial charge in [-0.25, -0.2) is 4.79 Å². The molecule has 1 atom stereocenters. The SMILES string of the molecule is CCOc1ccc(C(=O)OC(C)C(=O)Nc2ccc(SC(F)F)cc2)cc1OC. The van der Waals surface area contributed by atoms with Crippen molar-refractivity contribution in [2.75, 3.05) is 19.0 Å². The van der Waals surface area contributed by atoms with E-state index in [1.54, 1.807) is 6.07 Å². The molecule has 0 aliphatic rings. The zero-order valence-electron chi connectivity index (χ0n) is 16.1. The van der Waals surface area contributed by atoms with E-state index in [2.05, 4.69) is 5.32 Å². The number of carbonyl (C=O) groups excluding carboxylic acids is 2. The van der Waals surface area contributed by atoms with E-state index >= 15 is 0 Å². The topological polar surface area (TPSA) is 73.9 Å². The normalized spacial score (nSPS) is 11.7. The number of anilines is 1. The van der Waals surface area contributed by atoms with Crippen molar-refractivity contribution in [2.24, 2.45) is 0 Å². The smallest absolute Gasteiger partial charge is 0.339 e. The molecule has 9 heteroatoms. The lowest BCUT2D eigenvalue weighted by Crippen LogP contribution is -2.30. The summed E-state index contributed by atoms with van der Waals surface area (Å²) in [5, 5.41) is 2.57. The number of hydrogen-bond donors (Lipinski definition) is 1. The van der Waals surface area contributed by atoms with Crippen LogP contribution in [0.25, 0.3) is 0 Å². The number of hydrogen-bond acceptors (Lipinski definition) is 6. The standard InChI is InChI=1S/C20H21F2NO5S/c1-4-27-16-10-5-13(11-17(16)26-3)19(25)28-12(2)18(24)23-14-6-8-15(9-7-14)29-20(21)22/h5-12,20H,4H2,1-3H3,(H,23,24). The fourth-order valence-corrected chi connectivity index (χ4v) is 2.81. The lowest BCUT2D eigenvalue weighted by molar-refractivity contribution is -0.123. The summed E-state index contributed by atoms with van der Waals surface area (Å²) in [5.74, 6) is -2.90. The maximum Gasteiger partial charge on any atom is 0.339 e. The molecule has 2 aromatic rings. The minimum absolute atomic E-state index is 0.207. The van der Waals surface area contributed by atoms with E-state index in [0.717, 1.165) is 0 Å². The summed E-state index contributed by atoms with van der Waals surface area (Å²) in [5.41, 5.74) is 0.609. The highest BCUT2D eigenvalue weighted by Gasteiger charge is 2.20. The van der Waals surface area contributed by atoms with Gasteiger partial charge in [0.25, 0.3) is 11.7 Å². The van der Waals surface area contributed by atoms with Crippen LogP contribution < -0.4 is 14.8 Å². The van der Waals surface area contributed by atoms with E-state index in [1.165, 1.54) is 50.4 Å². The van der Waals surface area contributed by atoms with Crippen LogP contribution >= 0.6 is 11.8 Å². The maximum absolute atomic E-state index is 12.3. The van der Waals surface area contributed by atoms with E-state index < -0.39 is 23.7 Å². The van der Waals surface area contributed by atoms with Crippen molar-refractivity contribution >= 4 is 29.3 Å². The Morgan fingerprint density at radius 1 is 1.10 bits per heavy atom. The summed E-state index contributed by atoms with van der Waals surface area (Å²) in [6.45, 7) is 3.70. The highest BCUT2D eigenvalue weighted by atomic mass is 32.2. The van der Waals surface area contributed by atoms with Gasteiger partial charge >= 0.3 is 5.97 Å². The van der Waals surface area contributed by atoms with Crippen molar-refractivity contribution in [3.8, 4) is 11.5 Å². The first-order chi connectivity index (χ1) is 13.8. The predicted octanol–water partition coefficient (Wildman–Crippen LogP) is 4.59. The molecule has 1 unspecified atom stereocenters. The Hall–Kier alpha value is -2.81. The number of thioether (sulfide) groups is 1. The molecule has 0 saturated carbocycles. The largest absolute Gasteiger partial charge is 0.493 e. The van der Waals surface area contributed by atoms with E-state index in [1.807, 2.05) is 6.92 Å². The average Bonchev–Trinajstić information content (AvgIpc) is 2.69. The number of benzene rings is 2. The third-order valence-electron chi connectivity index (χ3n) is 3.70. The third-order valence-corrected chi connectivity index (χ3v) is 4.42. The number of rotatable bonds is 9. The van der Waals surface area contributed by atoms with Crippen molar-refractivity contribution in [1.29, 1.82) is 0 Å². The van der Waals surface area contributed by atoms with E-state index in [0.29, 0.717) is 40.5 Å². The van der Waals surface area contributed by atoms with E-state index in [4.69, 9.17) is 14.2 Å². The summed E-state index contributed by atoms with van der Waals surface area (Å²) < 4.78 is 40.5. The molecule has 0 bridgehead atoms. The third kappa shape index (κ3) is 6.63. The van der Waals surface area contributed by atoms with Gasteiger partial charge in [0, 0.05) is 10.6 Å². The summed E-state index contributed by atoms with van der Waals surface area (Å²) in [6.07, 6.45) is -1.07. The summed E-state index contributed by atoms with van der Waals surface area (Å²) in [7, 11) is 1.45. The van der Waals surface area contributed by atoms with Crippen LogP contribution in [0.5, 0.6) is 11.5 Å². The van der Waals surface area contributed by atoms with Gasteiger partial charge in [0.05, 0.1) is 19.3 Å². The highest BCUT2D eigenvalue weighted by Crippen LogP contribution is 2.29. The van der Waals surface area contributed by atoms with Gasteiger partial charge in [-0.3, -0.25) is 4.79 Å². The number of amides is 1. The fraction of sp³-hybridized carbons (Fsp3) is 0.300. The molecule has 0 aliphatic heterocycles. The molecule has 2 rings (SSSR count). The first-order valence-electron chi connectivity index (χ1n) is 8.71. The number of carbonyl (C=O) groups is 2. The molecule has 0 radical (unpaired) electrons. The molecule has 0 saturated heterocycles. The Morgan fingerprint density at radius 3 is 2.38 bits per heavy atom. The number of esters is 1. The second kappa shape index (κ2) is 10.7. The minimum Gasteiger partial charge on any atom is -0.493 e. The van der Waals surface area contributed by atoms with Gasteiger partial charge in [0.2, 0.25) is 0 Å². The second-order valence-electron chi connectivity index (χ2n) is 5.74. The van der Waals surface area contributed by atoms with Crippen molar-refractivity contribution in [2.45, 2.75) is 30.6 Å². The van der Waals surface area contributed by atoms with Crippen LogP contribution in [-0.2, 0) is 9.53 Å². The fourth-order valence-electron chi connectivity index (χ4n) is 2.32. The molecule has 0 fully saturated rings. The van der Waals surface area contributed by atoms with Gasteiger partial charge in [-0.05, 0) is 56.3 Å². The second-order valence-corrected chi connectivity index (χ2v) is 6.80. The van der Waals surface area contributed by atoms with Gasteiger partial charge in [-0.1, -0.05) is 11.8 Å². The van der Waals surface area contributed by atoms with Gasteiger partial charge in [0.15, 0.2) is 17.6 Å². The molecule has 0 aromatic heterocycles. The Kier molecular flexibility index (Phi) is 8.26. The molecule has 0 aliphatic carbocycles. The summed E-state index contributed by atoms with van der Waals surface area (Å²) >= 11 is 0.411. The van der Waals surface area contributed by atoms with Gasteiger partial charge < -0.3 is 19.5 Å². The van der Waals surface area contributed by atoms with Crippen molar-refractivity contribution in [1.82, 2.24) is 0 Å². The lowest BCUT2D eigenvalue weighted by Gasteiger charge is -2.15. The molecule has 1 N–H and O–H groups in total. The van der Waals surface area contributed by atoms with Crippen LogP contribution in [0, 0.1) is 0 Å². The molecule has 156 valence electrons. The predicted molar refractivity (Wildman–Crippen MR) is 106 cm³/mol. The highest BCUT2D eigenvalue weighted by molar-refractivity contribution is 7.99. The molecule has 29 heavy (non-hydrogen) atoms. The van der Waals surface area contributed by atoms with Crippen molar-refractivity contribution in [3.63, 3.8) is 0 Å². The molecule has 0 heterocycles. The summed E-state index contributed by atoms with van der Waals surface area (Å²) in [6, 6.07) is 10.5. The average molecular weight is 425 g/mol. The first kappa shape index (κ1) is 22.5. The zero-order chi connectivity index (χ0) is 21.4. The van der Waals surface area contributed by atoms with Crippen LogP contribution in [0.1, 0.15) is 24.2 Å². The first-order valence-corrected chi connectivity index (χ1v) is 9.59. The number of methoxy groups -OCH3 is 1. The van der Waals surface area contributed by atoms with Crippen LogP contribution in [-0.4, -0.2) is 37.5 Å². The van der Waals surface area contributed by atoms with Crippen molar-refractivity contribution < 1.29 is 32.6 Å². The summed E-state index contributed by atoms with van der Waals surface area (Å²) in [4.78, 5) is 24.9. The Morgan fingerprint density at radius 2 is 1.79 bits per heavy atom. The number of nitrogens with one attached hydrogen (secondary N) is 1. The molecular formula is C20H21F2NO5S. The number of ether oxygens (including phenoxy) is 3. The van der Waals surface area contributed by atoms with Crippen LogP contribution in [0.15, 0.2) is 47.4 Å². The number of alkyl halides is 2. The molecule has 6 nitrogen and oxygen atoms in total.